The van der Waals surface area contributed by atoms with Crippen LogP contribution in [0.5, 0.6) is 5.75 Å². The third kappa shape index (κ3) is 6.99. The summed E-state index contributed by atoms with van der Waals surface area (Å²) in [6.07, 6.45) is 6.48. The van der Waals surface area contributed by atoms with Gasteiger partial charge < -0.3 is 0 Å². The summed E-state index contributed by atoms with van der Waals surface area (Å²) in [6, 6.07) is 23.2. The molecule has 0 amide bonds. The molecule has 0 saturated carbocycles. The molecular formula is C32H34N2O4S2Se. The molecule has 2 heterocycles. The molecule has 0 unspecified atom stereocenters. The van der Waals surface area contributed by atoms with Crippen LogP contribution < -0.4 is 14.2 Å². The van der Waals surface area contributed by atoms with Gasteiger partial charge in [0.05, 0.1) is 0 Å². The van der Waals surface area contributed by atoms with Crippen molar-refractivity contribution in [2.75, 3.05) is 24.3 Å². The Bertz CT molecular complexity index is 1710. The third-order valence-corrected chi connectivity index (χ3v) is 11.4. The fraction of sp³-hybridized carbons (Fsp3) is 0.281. The fourth-order valence-electron chi connectivity index (χ4n) is 5.00. The molecule has 41 heavy (non-hydrogen) atoms. The number of benzene rings is 3. The molecular weight excluding hydrogens is 619 g/mol. The van der Waals surface area contributed by atoms with Gasteiger partial charge in [0.1, 0.15) is 0 Å². The molecule has 0 bridgehead atoms. The first-order chi connectivity index (χ1) is 19.8. The van der Waals surface area contributed by atoms with Crippen LogP contribution in [0.25, 0.3) is 27.0 Å². The van der Waals surface area contributed by atoms with E-state index in [2.05, 4.69) is 77.9 Å². The molecule has 0 atom stereocenters. The van der Waals surface area contributed by atoms with Crippen molar-refractivity contribution in [3.63, 3.8) is 0 Å². The van der Waals surface area contributed by atoms with Crippen LogP contribution in [0.1, 0.15) is 37.7 Å². The Morgan fingerprint density at radius 3 is 2.56 bits per heavy atom. The molecule has 214 valence electrons. The molecule has 0 saturated heterocycles. The van der Waals surface area contributed by atoms with Gasteiger partial charge in [0.15, 0.2) is 0 Å². The standard InChI is InChI=1S/C32H34N2O4S2Se/c1-4-23(19-31-33(5-2)27-22-26(38-3)14-15-29(27)39-31)20-32-34(17-9-10-18-40(35,36)37)28-21-25(13-16-30(28)41-32)24-11-7-6-8-12-24/h6-8,11-16,19-22H,4-5,9-10,17-18H2,1-3H3. The van der Waals surface area contributed by atoms with E-state index >= 15 is 0 Å². The first kappa shape index (κ1) is 29.7. The third-order valence-electron chi connectivity index (χ3n) is 7.14. The Balaban J connectivity index is 1.52. The SMILES string of the molecule is CCC(=Cc1[se]c2ccc(-c3ccccc3)cc2[n+]1CCCCS(=O)(=O)[O-])C=C1Sc2ccc(OC)cc2N1CC. The van der Waals surface area contributed by atoms with Crippen LogP contribution in [0.3, 0.4) is 0 Å². The van der Waals surface area contributed by atoms with Gasteiger partial charge in [-0.2, -0.15) is 0 Å². The average Bonchev–Trinajstić information content (AvgIpc) is 3.50. The molecule has 9 heteroatoms. The number of hydrogen-bond donors (Lipinski definition) is 0. The minimum absolute atomic E-state index is 0.109. The van der Waals surface area contributed by atoms with Crippen molar-refractivity contribution in [1.82, 2.24) is 0 Å². The normalized spacial score (nSPS) is 14.7. The van der Waals surface area contributed by atoms with E-state index in [4.69, 9.17) is 4.74 Å². The Kier molecular flexibility index (Phi) is 9.42. The van der Waals surface area contributed by atoms with Crippen molar-refractivity contribution >= 4 is 57.9 Å². The Morgan fingerprint density at radius 2 is 1.85 bits per heavy atom. The summed E-state index contributed by atoms with van der Waals surface area (Å²) in [5, 5.41) is 1.20. The van der Waals surface area contributed by atoms with E-state index in [9.17, 15) is 13.0 Å². The molecule has 0 radical (unpaired) electrons. The molecule has 1 aliphatic rings. The fourth-order valence-corrected chi connectivity index (χ4v) is 9.15. The van der Waals surface area contributed by atoms with E-state index in [1.54, 1.807) is 18.9 Å². The van der Waals surface area contributed by atoms with Gasteiger partial charge in [0.25, 0.3) is 0 Å². The summed E-state index contributed by atoms with van der Waals surface area (Å²) in [7, 11) is -2.52. The number of methoxy groups -OCH3 is 1. The molecule has 0 fully saturated rings. The Labute approximate surface area is 252 Å². The first-order valence-electron chi connectivity index (χ1n) is 13.8. The number of thioether (sulfide) groups is 1. The molecule has 0 spiro atoms. The first-order valence-corrected chi connectivity index (χ1v) is 17.9. The van der Waals surface area contributed by atoms with Crippen LogP contribution in [0.4, 0.5) is 5.69 Å². The van der Waals surface area contributed by atoms with E-state index in [0.29, 0.717) is 19.4 Å². The van der Waals surface area contributed by atoms with Crippen LogP contribution in [-0.4, -0.2) is 46.9 Å². The van der Waals surface area contributed by atoms with Crippen LogP contribution in [0.15, 0.2) is 88.3 Å². The summed E-state index contributed by atoms with van der Waals surface area (Å²) < 4.78 is 44.0. The van der Waals surface area contributed by atoms with Crippen LogP contribution in [-0.2, 0) is 16.7 Å². The molecule has 6 nitrogen and oxygen atoms in total. The van der Waals surface area contributed by atoms with Crippen molar-refractivity contribution in [3.05, 3.63) is 88.0 Å². The molecule has 4 aromatic rings. The zero-order chi connectivity index (χ0) is 29.0. The average molecular weight is 654 g/mol. The summed E-state index contributed by atoms with van der Waals surface area (Å²) in [6.45, 7) is 5.88. The number of rotatable bonds is 11. The Morgan fingerprint density at radius 1 is 1.05 bits per heavy atom. The van der Waals surface area contributed by atoms with Gasteiger partial charge in [-0.3, -0.25) is 0 Å². The monoisotopic (exact) mass is 654 g/mol. The number of nitrogens with zero attached hydrogens (tertiary/aromatic N) is 2. The molecule has 1 aromatic heterocycles. The van der Waals surface area contributed by atoms with E-state index in [1.807, 2.05) is 24.3 Å². The number of anilines is 1. The number of unbranched alkanes of at least 4 members (excludes halogenated alkanes) is 1. The number of ether oxygens (including phenoxy) is 1. The molecule has 0 N–H and O–H groups in total. The van der Waals surface area contributed by atoms with Crippen molar-refractivity contribution in [3.8, 4) is 16.9 Å². The van der Waals surface area contributed by atoms with Gasteiger partial charge in [-0.1, -0.05) is 0 Å². The van der Waals surface area contributed by atoms with Crippen molar-refractivity contribution < 1.29 is 22.3 Å². The van der Waals surface area contributed by atoms with Gasteiger partial charge in [-0.15, -0.1) is 0 Å². The predicted molar refractivity (Wildman–Crippen MR) is 169 cm³/mol. The number of allylic oxidation sites excluding steroid dienone is 2. The zero-order valence-electron chi connectivity index (χ0n) is 23.5. The van der Waals surface area contributed by atoms with Crippen LogP contribution in [0.2, 0.25) is 0 Å². The van der Waals surface area contributed by atoms with Crippen molar-refractivity contribution in [2.24, 2.45) is 0 Å². The van der Waals surface area contributed by atoms with Crippen molar-refractivity contribution in [1.29, 1.82) is 0 Å². The van der Waals surface area contributed by atoms with E-state index in [0.717, 1.165) is 29.8 Å². The maximum absolute atomic E-state index is 11.2. The van der Waals surface area contributed by atoms with E-state index in [-0.39, 0.29) is 20.3 Å². The maximum atomic E-state index is 11.2. The van der Waals surface area contributed by atoms with Gasteiger partial charge in [0.2, 0.25) is 0 Å². The van der Waals surface area contributed by atoms with Crippen molar-refractivity contribution in [2.45, 2.75) is 44.6 Å². The van der Waals surface area contributed by atoms with Gasteiger partial charge in [-0.05, 0) is 0 Å². The summed E-state index contributed by atoms with van der Waals surface area (Å²) in [5.41, 5.74) is 5.91. The Hall–Kier alpha value is -2.81. The minimum atomic E-state index is -4.21. The van der Waals surface area contributed by atoms with Crippen LogP contribution in [0, 0.1) is 0 Å². The topological polar surface area (TPSA) is 73.5 Å². The second kappa shape index (κ2) is 13.0. The van der Waals surface area contributed by atoms with E-state index < -0.39 is 10.1 Å². The van der Waals surface area contributed by atoms with E-state index in [1.165, 1.54) is 35.5 Å². The van der Waals surface area contributed by atoms with Gasteiger partial charge in [0, 0.05) is 0 Å². The summed E-state index contributed by atoms with van der Waals surface area (Å²) in [5.74, 6) is 0.531. The summed E-state index contributed by atoms with van der Waals surface area (Å²) >= 11 is 1.89. The molecule has 5 rings (SSSR count). The quantitative estimate of drug-likeness (QED) is 0.0802. The summed E-state index contributed by atoms with van der Waals surface area (Å²) in [4.78, 5) is 3.56. The second-order valence-electron chi connectivity index (χ2n) is 9.84. The van der Waals surface area contributed by atoms with Gasteiger partial charge in [-0.25, -0.2) is 0 Å². The molecule has 0 aliphatic carbocycles. The predicted octanol–water partition coefficient (Wildman–Crippen LogP) is 6.45. The number of hydrogen-bond acceptors (Lipinski definition) is 6. The number of aryl methyl sites for hydroxylation is 1. The van der Waals surface area contributed by atoms with Gasteiger partial charge >= 0.3 is 254 Å². The van der Waals surface area contributed by atoms with Crippen LogP contribution >= 0.6 is 11.8 Å². The number of aromatic nitrogens is 1. The molecule has 3 aromatic carbocycles. The zero-order valence-corrected chi connectivity index (χ0v) is 26.8. The second-order valence-corrected chi connectivity index (χ2v) is 14.7. The molecule has 1 aliphatic heterocycles. The number of fused-ring (bicyclic) bond motifs is 2.